The second-order valence-electron chi connectivity index (χ2n) is 2.97. The summed E-state index contributed by atoms with van der Waals surface area (Å²) in [5.41, 5.74) is -0.247. The zero-order valence-electron chi connectivity index (χ0n) is 7.27. The summed E-state index contributed by atoms with van der Waals surface area (Å²) >= 11 is 0. The Bertz CT molecular complexity index is 332. The fourth-order valence-corrected chi connectivity index (χ4v) is 1.03. The summed E-state index contributed by atoms with van der Waals surface area (Å²) in [6.07, 6.45) is -7.60. The van der Waals surface area contributed by atoms with Crippen molar-refractivity contribution in [2.75, 3.05) is 0 Å². The SMILES string of the molecule is Cc1ccc(C(O)C(F)(F)F)c(F)c1. The van der Waals surface area contributed by atoms with Crippen LogP contribution in [-0.2, 0) is 0 Å². The van der Waals surface area contributed by atoms with Gasteiger partial charge in [-0.1, -0.05) is 12.1 Å². The van der Waals surface area contributed by atoms with Crippen LogP contribution in [0.1, 0.15) is 17.2 Å². The predicted octanol–water partition coefficient (Wildman–Crippen LogP) is 2.73. The summed E-state index contributed by atoms with van der Waals surface area (Å²) in [5, 5.41) is 8.76. The fraction of sp³-hybridized carbons (Fsp3) is 0.333. The maximum atomic E-state index is 13.0. The van der Waals surface area contributed by atoms with Gasteiger partial charge < -0.3 is 5.11 Å². The molecule has 0 aliphatic heterocycles. The average molecular weight is 208 g/mol. The lowest BCUT2D eigenvalue weighted by Gasteiger charge is -2.15. The third-order valence-corrected chi connectivity index (χ3v) is 1.76. The number of benzene rings is 1. The molecule has 1 N–H and O–H groups in total. The van der Waals surface area contributed by atoms with Crippen LogP contribution in [0, 0.1) is 12.7 Å². The zero-order chi connectivity index (χ0) is 10.9. The van der Waals surface area contributed by atoms with Gasteiger partial charge in [0.25, 0.3) is 0 Å². The Kier molecular flexibility index (Phi) is 2.80. The molecular weight excluding hydrogens is 200 g/mol. The summed E-state index contributed by atoms with van der Waals surface area (Å²) in [6.45, 7) is 1.55. The maximum absolute atomic E-state index is 13.0. The van der Waals surface area contributed by atoms with E-state index in [0.717, 1.165) is 12.1 Å². The van der Waals surface area contributed by atoms with Gasteiger partial charge in [-0.2, -0.15) is 13.2 Å². The molecule has 1 atom stereocenters. The highest BCUT2D eigenvalue weighted by atomic mass is 19.4. The van der Waals surface area contributed by atoms with Gasteiger partial charge in [0.2, 0.25) is 0 Å². The van der Waals surface area contributed by atoms with Gasteiger partial charge in [0.05, 0.1) is 0 Å². The molecule has 0 heterocycles. The lowest BCUT2D eigenvalue weighted by Crippen LogP contribution is -2.21. The Morgan fingerprint density at radius 3 is 2.29 bits per heavy atom. The van der Waals surface area contributed by atoms with Crippen molar-refractivity contribution >= 4 is 0 Å². The second kappa shape index (κ2) is 3.57. The first-order valence-corrected chi connectivity index (χ1v) is 3.83. The van der Waals surface area contributed by atoms with Crippen molar-refractivity contribution in [1.82, 2.24) is 0 Å². The van der Waals surface area contributed by atoms with Crippen LogP contribution in [0.3, 0.4) is 0 Å². The summed E-state index contributed by atoms with van der Waals surface area (Å²) in [5.74, 6) is -1.05. The quantitative estimate of drug-likeness (QED) is 0.703. The van der Waals surface area contributed by atoms with Crippen molar-refractivity contribution in [2.24, 2.45) is 0 Å². The van der Waals surface area contributed by atoms with Gasteiger partial charge in [-0.05, 0) is 18.6 Å². The Hall–Kier alpha value is -1.10. The minimum atomic E-state index is -4.84. The van der Waals surface area contributed by atoms with Crippen molar-refractivity contribution in [1.29, 1.82) is 0 Å². The topological polar surface area (TPSA) is 20.2 Å². The van der Waals surface area contributed by atoms with Gasteiger partial charge in [0.15, 0.2) is 6.10 Å². The number of hydrogen-bond donors (Lipinski definition) is 1. The van der Waals surface area contributed by atoms with Crippen LogP contribution < -0.4 is 0 Å². The molecule has 1 aromatic carbocycles. The lowest BCUT2D eigenvalue weighted by molar-refractivity contribution is -0.207. The van der Waals surface area contributed by atoms with Crippen molar-refractivity contribution in [3.63, 3.8) is 0 Å². The second-order valence-corrected chi connectivity index (χ2v) is 2.97. The molecule has 0 aliphatic carbocycles. The zero-order valence-corrected chi connectivity index (χ0v) is 7.27. The Balaban J connectivity index is 3.08. The number of halogens is 4. The molecule has 1 aromatic rings. The van der Waals surface area contributed by atoms with Crippen LogP contribution in [-0.4, -0.2) is 11.3 Å². The van der Waals surface area contributed by atoms with E-state index in [4.69, 9.17) is 5.11 Å². The first kappa shape index (κ1) is 11.0. The molecule has 1 unspecified atom stereocenters. The maximum Gasteiger partial charge on any atom is 0.418 e. The van der Waals surface area contributed by atoms with Gasteiger partial charge in [0, 0.05) is 5.56 Å². The molecule has 0 fully saturated rings. The molecule has 0 amide bonds. The highest BCUT2D eigenvalue weighted by molar-refractivity contribution is 5.25. The molecule has 0 spiro atoms. The Morgan fingerprint density at radius 1 is 1.29 bits per heavy atom. The first-order valence-electron chi connectivity index (χ1n) is 3.83. The lowest BCUT2D eigenvalue weighted by atomic mass is 10.1. The Labute approximate surface area is 78.0 Å². The number of rotatable bonds is 1. The van der Waals surface area contributed by atoms with Crippen LogP contribution in [0.5, 0.6) is 0 Å². The number of aliphatic hydroxyl groups excluding tert-OH is 1. The molecule has 0 saturated carbocycles. The molecule has 0 saturated heterocycles. The molecule has 14 heavy (non-hydrogen) atoms. The molecular formula is C9H8F4O. The summed E-state index contributed by atoms with van der Waals surface area (Å²) in [4.78, 5) is 0. The molecule has 0 aromatic heterocycles. The van der Waals surface area contributed by atoms with Gasteiger partial charge in [-0.3, -0.25) is 0 Å². The van der Waals surface area contributed by atoms with E-state index in [9.17, 15) is 17.6 Å². The third kappa shape index (κ3) is 2.23. The molecule has 1 nitrogen and oxygen atoms in total. The molecule has 78 valence electrons. The molecule has 5 heteroatoms. The molecule has 0 radical (unpaired) electrons. The third-order valence-electron chi connectivity index (χ3n) is 1.76. The van der Waals surface area contributed by atoms with E-state index in [1.54, 1.807) is 6.92 Å². The van der Waals surface area contributed by atoms with E-state index in [-0.39, 0.29) is 0 Å². The van der Waals surface area contributed by atoms with Gasteiger partial charge in [-0.15, -0.1) is 0 Å². The minimum absolute atomic E-state index is 0.501. The molecule has 1 rings (SSSR count). The van der Waals surface area contributed by atoms with E-state index < -0.39 is 23.7 Å². The number of alkyl halides is 3. The monoisotopic (exact) mass is 208 g/mol. The summed E-state index contributed by atoms with van der Waals surface area (Å²) in [7, 11) is 0. The van der Waals surface area contributed by atoms with Crippen molar-refractivity contribution in [3.8, 4) is 0 Å². The van der Waals surface area contributed by atoms with E-state index in [1.165, 1.54) is 6.07 Å². The highest BCUT2D eigenvalue weighted by Crippen LogP contribution is 2.33. The molecule has 0 aliphatic rings. The van der Waals surface area contributed by atoms with Crippen LogP contribution in [0.15, 0.2) is 18.2 Å². The van der Waals surface area contributed by atoms with Crippen molar-refractivity contribution in [2.45, 2.75) is 19.2 Å². The highest BCUT2D eigenvalue weighted by Gasteiger charge is 2.40. The number of aryl methyl sites for hydroxylation is 1. The van der Waals surface area contributed by atoms with Crippen LogP contribution in [0.25, 0.3) is 0 Å². The van der Waals surface area contributed by atoms with Crippen molar-refractivity contribution < 1.29 is 22.7 Å². The van der Waals surface area contributed by atoms with Crippen molar-refractivity contribution in [3.05, 3.63) is 35.1 Å². The average Bonchev–Trinajstić information content (AvgIpc) is 2.01. The van der Waals surface area contributed by atoms with E-state index >= 15 is 0 Å². The van der Waals surface area contributed by atoms with Gasteiger partial charge >= 0.3 is 6.18 Å². The number of hydrogen-bond acceptors (Lipinski definition) is 1. The van der Waals surface area contributed by atoms with E-state index in [0.29, 0.717) is 5.56 Å². The minimum Gasteiger partial charge on any atom is -0.379 e. The van der Waals surface area contributed by atoms with Crippen LogP contribution in [0.4, 0.5) is 17.6 Å². The largest absolute Gasteiger partial charge is 0.418 e. The van der Waals surface area contributed by atoms with Gasteiger partial charge in [0.1, 0.15) is 5.82 Å². The fourth-order valence-electron chi connectivity index (χ4n) is 1.03. The molecule has 0 bridgehead atoms. The first-order chi connectivity index (χ1) is 6.32. The van der Waals surface area contributed by atoms with E-state index in [2.05, 4.69) is 0 Å². The number of aliphatic hydroxyl groups is 1. The normalized spacial score (nSPS) is 14.1. The van der Waals surface area contributed by atoms with Crippen LogP contribution in [0.2, 0.25) is 0 Å². The predicted molar refractivity (Wildman–Crippen MR) is 42.2 cm³/mol. The summed E-state index contributed by atoms with van der Waals surface area (Å²) < 4.78 is 49.0. The summed E-state index contributed by atoms with van der Waals surface area (Å²) in [6, 6.07) is 3.19. The Morgan fingerprint density at radius 2 is 1.86 bits per heavy atom. The van der Waals surface area contributed by atoms with Crippen LogP contribution >= 0.6 is 0 Å². The standard InChI is InChI=1S/C9H8F4O/c1-5-2-3-6(7(10)4-5)8(14)9(11,12)13/h2-4,8,14H,1H3. The van der Waals surface area contributed by atoms with E-state index in [1.807, 2.05) is 0 Å². The smallest absolute Gasteiger partial charge is 0.379 e. The van der Waals surface area contributed by atoms with Gasteiger partial charge in [-0.25, -0.2) is 4.39 Å².